The van der Waals surface area contributed by atoms with E-state index < -0.39 is 0 Å². The quantitative estimate of drug-likeness (QED) is 0.780. The van der Waals surface area contributed by atoms with Gasteiger partial charge >= 0.3 is 0 Å². The van der Waals surface area contributed by atoms with Crippen molar-refractivity contribution >= 4 is 22.6 Å². The number of alkyl halides is 1. The average Bonchev–Trinajstić information content (AvgIpc) is 2.68. The smallest absolute Gasteiger partial charge is 0.127 e. The second-order valence-corrected chi connectivity index (χ2v) is 4.89. The van der Waals surface area contributed by atoms with Crippen molar-refractivity contribution in [2.24, 2.45) is 0 Å². The van der Waals surface area contributed by atoms with Gasteiger partial charge in [-0.15, -0.1) is 11.6 Å². The summed E-state index contributed by atoms with van der Waals surface area (Å²) in [5, 5.41) is -0.105. The maximum absolute atomic E-state index is 6.18. The maximum atomic E-state index is 6.18. The first-order valence-electron chi connectivity index (χ1n) is 5.75. The molecule has 2 aromatic rings. The Hall–Kier alpha value is -1.06. The van der Waals surface area contributed by atoms with Crippen molar-refractivity contribution in [3.05, 3.63) is 30.1 Å². The SMILES string of the molecule is COC(C)Cn1c(C(C)Cl)nc2ccccc21. The Morgan fingerprint density at radius 1 is 1.35 bits per heavy atom. The van der Waals surface area contributed by atoms with E-state index in [1.165, 1.54) is 0 Å². The van der Waals surface area contributed by atoms with Gasteiger partial charge < -0.3 is 9.30 Å². The zero-order valence-electron chi connectivity index (χ0n) is 10.4. The van der Waals surface area contributed by atoms with E-state index in [9.17, 15) is 0 Å². The maximum Gasteiger partial charge on any atom is 0.127 e. The molecule has 0 spiro atoms. The molecule has 2 rings (SSSR count). The molecule has 0 saturated heterocycles. The summed E-state index contributed by atoms with van der Waals surface area (Å²) >= 11 is 6.18. The van der Waals surface area contributed by atoms with Gasteiger partial charge in [-0.1, -0.05) is 12.1 Å². The number of methoxy groups -OCH3 is 1. The van der Waals surface area contributed by atoms with Gasteiger partial charge in [0, 0.05) is 7.11 Å². The molecule has 0 fully saturated rings. The van der Waals surface area contributed by atoms with Crippen LogP contribution in [0.3, 0.4) is 0 Å². The Kier molecular flexibility index (Phi) is 3.69. The van der Waals surface area contributed by atoms with Crippen molar-refractivity contribution in [3.63, 3.8) is 0 Å². The van der Waals surface area contributed by atoms with E-state index in [4.69, 9.17) is 16.3 Å². The minimum atomic E-state index is -0.105. The molecule has 0 amide bonds. The van der Waals surface area contributed by atoms with Gasteiger partial charge in [-0.25, -0.2) is 4.98 Å². The third-order valence-corrected chi connectivity index (χ3v) is 3.08. The largest absolute Gasteiger partial charge is 0.380 e. The van der Waals surface area contributed by atoms with E-state index in [0.29, 0.717) is 0 Å². The lowest BCUT2D eigenvalue weighted by molar-refractivity contribution is 0.103. The third-order valence-electron chi connectivity index (χ3n) is 2.88. The lowest BCUT2D eigenvalue weighted by Gasteiger charge is -2.14. The number of imidazole rings is 1. The number of benzene rings is 1. The number of para-hydroxylation sites is 2. The summed E-state index contributed by atoms with van der Waals surface area (Å²) in [5.41, 5.74) is 2.09. The molecular weight excluding hydrogens is 236 g/mol. The Morgan fingerprint density at radius 2 is 2.06 bits per heavy atom. The molecule has 92 valence electrons. The molecule has 17 heavy (non-hydrogen) atoms. The minimum Gasteiger partial charge on any atom is -0.380 e. The summed E-state index contributed by atoms with van der Waals surface area (Å²) in [7, 11) is 1.72. The van der Waals surface area contributed by atoms with Crippen molar-refractivity contribution in [1.29, 1.82) is 0 Å². The minimum absolute atomic E-state index is 0.105. The molecule has 0 saturated carbocycles. The van der Waals surface area contributed by atoms with Crippen LogP contribution in [0.15, 0.2) is 24.3 Å². The van der Waals surface area contributed by atoms with Gasteiger partial charge in [0.25, 0.3) is 0 Å². The summed E-state index contributed by atoms with van der Waals surface area (Å²) in [6.45, 7) is 4.75. The molecule has 1 aromatic heterocycles. The number of halogens is 1. The number of hydrogen-bond acceptors (Lipinski definition) is 2. The zero-order valence-corrected chi connectivity index (χ0v) is 11.1. The van der Waals surface area contributed by atoms with Gasteiger partial charge in [0.15, 0.2) is 0 Å². The lowest BCUT2D eigenvalue weighted by atomic mass is 10.3. The van der Waals surface area contributed by atoms with Crippen LogP contribution >= 0.6 is 11.6 Å². The van der Waals surface area contributed by atoms with Crippen molar-refractivity contribution < 1.29 is 4.74 Å². The van der Waals surface area contributed by atoms with E-state index in [1.54, 1.807) is 7.11 Å². The summed E-state index contributed by atoms with van der Waals surface area (Å²) in [6.07, 6.45) is 0.141. The van der Waals surface area contributed by atoms with E-state index in [2.05, 4.69) is 15.6 Å². The Bertz CT molecular complexity index is 507. The summed E-state index contributed by atoms with van der Waals surface area (Å²) in [5.74, 6) is 0.900. The van der Waals surface area contributed by atoms with Crippen LogP contribution in [-0.4, -0.2) is 22.8 Å². The number of fused-ring (bicyclic) bond motifs is 1. The van der Waals surface area contributed by atoms with Crippen LogP contribution in [0, 0.1) is 0 Å². The van der Waals surface area contributed by atoms with Crippen LogP contribution in [0.4, 0.5) is 0 Å². The molecule has 0 bridgehead atoms. The predicted octanol–water partition coefficient (Wildman–Crippen LogP) is 3.37. The highest BCUT2D eigenvalue weighted by atomic mass is 35.5. The molecule has 2 unspecified atom stereocenters. The fourth-order valence-electron chi connectivity index (χ4n) is 1.92. The van der Waals surface area contributed by atoms with Crippen LogP contribution in [0.25, 0.3) is 11.0 Å². The van der Waals surface area contributed by atoms with Crippen LogP contribution in [-0.2, 0) is 11.3 Å². The van der Waals surface area contributed by atoms with Crippen molar-refractivity contribution in [3.8, 4) is 0 Å². The van der Waals surface area contributed by atoms with E-state index in [0.717, 1.165) is 23.4 Å². The van der Waals surface area contributed by atoms with Gasteiger partial charge in [0.1, 0.15) is 5.82 Å². The second-order valence-electron chi connectivity index (χ2n) is 4.23. The first kappa shape index (κ1) is 12.4. The first-order valence-corrected chi connectivity index (χ1v) is 6.19. The molecule has 0 aliphatic rings. The molecule has 3 nitrogen and oxygen atoms in total. The van der Waals surface area contributed by atoms with E-state index in [1.807, 2.05) is 32.0 Å². The van der Waals surface area contributed by atoms with Crippen molar-refractivity contribution in [1.82, 2.24) is 9.55 Å². The van der Waals surface area contributed by atoms with E-state index >= 15 is 0 Å². The molecule has 0 N–H and O–H groups in total. The molecule has 0 radical (unpaired) electrons. The molecule has 0 aliphatic heterocycles. The Morgan fingerprint density at radius 3 is 2.71 bits per heavy atom. The van der Waals surface area contributed by atoms with Crippen molar-refractivity contribution in [2.75, 3.05) is 7.11 Å². The number of ether oxygens (including phenoxy) is 1. The third kappa shape index (κ3) is 2.45. The van der Waals surface area contributed by atoms with Gasteiger partial charge in [0.05, 0.1) is 29.1 Å². The molecular formula is C13H17ClN2O. The molecule has 2 atom stereocenters. The Labute approximate surface area is 106 Å². The number of aromatic nitrogens is 2. The van der Waals surface area contributed by atoms with Gasteiger partial charge in [0.2, 0.25) is 0 Å². The van der Waals surface area contributed by atoms with Gasteiger partial charge in [-0.2, -0.15) is 0 Å². The Balaban J connectivity index is 2.52. The fraction of sp³-hybridized carbons (Fsp3) is 0.462. The van der Waals surface area contributed by atoms with Crippen LogP contribution < -0.4 is 0 Å². The standard InChI is InChI=1S/C13H17ClN2O/c1-9(17-3)8-16-12-7-5-4-6-11(12)15-13(16)10(2)14/h4-7,9-10H,8H2,1-3H3. The van der Waals surface area contributed by atoms with E-state index in [-0.39, 0.29) is 11.5 Å². The highest BCUT2D eigenvalue weighted by Gasteiger charge is 2.16. The highest BCUT2D eigenvalue weighted by molar-refractivity contribution is 6.20. The summed E-state index contributed by atoms with van der Waals surface area (Å²) in [6, 6.07) is 8.07. The number of rotatable bonds is 4. The zero-order chi connectivity index (χ0) is 12.4. The molecule has 4 heteroatoms. The normalized spacial score (nSPS) is 15.1. The fourth-order valence-corrected chi connectivity index (χ4v) is 2.09. The number of nitrogens with zero attached hydrogens (tertiary/aromatic N) is 2. The lowest BCUT2D eigenvalue weighted by Crippen LogP contribution is -2.16. The first-order chi connectivity index (χ1) is 8.13. The molecule has 0 aliphatic carbocycles. The van der Waals surface area contributed by atoms with Gasteiger partial charge in [-0.05, 0) is 26.0 Å². The molecule has 1 aromatic carbocycles. The highest BCUT2D eigenvalue weighted by Crippen LogP contribution is 2.24. The monoisotopic (exact) mass is 252 g/mol. The topological polar surface area (TPSA) is 27.1 Å². The van der Waals surface area contributed by atoms with Crippen molar-refractivity contribution in [2.45, 2.75) is 31.9 Å². The molecule has 1 heterocycles. The van der Waals surface area contributed by atoms with Crippen LogP contribution in [0.1, 0.15) is 25.0 Å². The van der Waals surface area contributed by atoms with Crippen LogP contribution in [0.5, 0.6) is 0 Å². The summed E-state index contributed by atoms with van der Waals surface area (Å²) < 4.78 is 7.46. The van der Waals surface area contributed by atoms with Gasteiger partial charge in [-0.3, -0.25) is 0 Å². The van der Waals surface area contributed by atoms with Crippen LogP contribution in [0.2, 0.25) is 0 Å². The summed E-state index contributed by atoms with van der Waals surface area (Å²) in [4.78, 5) is 4.57. The second kappa shape index (κ2) is 5.07. The average molecular weight is 253 g/mol. The predicted molar refractivity (Wildman–Crippen MR) is 70.5 cm³/mol. The number of hydrogen-bond donors (Lipinski definition) is 0.